The fourth-order valence-electron chi connectivity index (χ4n) is 3.43. The molecule has 1 amide bonds. The van der Waals surface area contributed by atoms with Gasteiger partial charge in [0.15, 0.2) is 0 Å². The van der Waals surface area contributed by atoms with Crippen LogP contribution in [0.1, 0.15) is 17.4 Å². The van der Waals surface area contributed by atoms with E-state index in [4.69, 9.17) is 9.84 Å². The quantitative estimate of drug-likeness (QED) is 0.566. The third kappa shape index (κ3) is 3.84. The number of hydrogen-bond acceptors (Lipinski definition) is 4. The Morgan fingerprint density at radius 1 is 1.11 bits per heavy atom. The van der Waals surface area contributed by atoms with Crippen LogP contribution in [0.5, 0.6) is 0 Å². The molecule has 0 aliphatic carbocycles. The van der Waals surface area contributed by atoms with Crippen molar-refractivity contribution in [2.24, 2.45) is 0 Å². The molecule has 1 atom stereocenters. The number of methoxy groups -OCH3 is 1. The fourth-order valence-corrected chi connectivity index (χ4v) is 4.66. The second kappa shape index (κ2) is 8.63. The number of aromatic nitrogens is 2. The molecule has 1 aliphatic heterocycles. The molecule has 4 rings (SSSR count). The molecular formula is C22H23N3O2S. The highest BCUT2D eigenvalue weighted by Gasteiger charge is 2.35. The van der Waals surface area contributed by atoms with Crippen molar-refractivity contribution >= 4 is 17.7 Å². The second-order valence-corrected chi connectivity index (χ2v) is 7.74. The average Bonchev–Trinajstić information content (AvgIpc) is 3.34. The first-order valence-electron chi connectivity index (χ1n) is 9.38. The summed E-state index contributed by atoms with van der Waals surface area (Å²) in [4.78, 5) is 14.5. The Kier molecular flexibility index (Phi) is 5.78. The van der Waals surface area contributed by atoms with Crippen LogP contribution < -0.4 is 0 Å². The van der Waals surface area contributed by atoms with Crippen molar-refractivity contribution < 1.29 is 9.53 Å². The van der Waals surface area contributed by atoms with Crippen molar-refractivity contribution in [2.75, 3.05) is 26.0 Å². The van der Waals surface area contributed by atoms with Crippen LogP contribution in [0.25, 0.3) is 16.9 Å². The van der Waals surface area contributed by atoms with Gasteiger partial charge in [-0.05, 0) is 18.6 Å². The lowest BCUT2D eigenvalue weighted by molar-refractivity contribution is -0.128. The van der Waals surface area contributed by atoms with Gasteiger partial charge in [0.05, 0.1) is 17.1 Å². The first-order valence-corrected chi connectivity index (χ1v) is 10.4. The van der Waals surface area contributed by atoms with Crippen molar-refractivity contribution in [3.63, 3.8) is 0 Å². The molecule has 5 nitrogen and oxygen atoms in total. The Hall–Kier alpha value is -2.57. The van der Waals surface area contributed by atoms with Crippen molar-refractivity contribution in [1.82, 2.24) is 14.7 Å². The van der Waals surface area contributed by atoms with Gasteiger partial charge in [-0.25, -0.2) is 4.68 Å². The zero-order valence-corrected chi connectivity index (χ0v) is 16.6. The van der Waals surface area contributed by atoms with Gasteiger partial charge in [0, 0.05) is 37.6 Å². The number of hydrogen-bond donors (Lipinski definition) is 0. The minimum Gasteiger partial charge on any atom is -0.385 e. The summed E-state index contributed by atoms with van der Waals surface area (Å²) in [5.74, 6) is 0.681. The van der Waals surface area contributed by atoms with E-state index >= 15 is 0 Å². The number of para-hydroxylation sites is 1. The minimum atomic E-state index is -0.0305. The van der Waals surface area contributed by atoms with Crippen LogP contribution in [0.15, 0.2) is 66.9 Å². The summed E-state index contributed by atoms with van der Waals surface area (Å²) >= 11 is 1.67. The lowest BCUT2D eigenvalue weighted by Crippen LogP contribution is -2.30. The Balaban J connectivity index is 1.74. The number of ether oxygens (including phenoxy) is 1. The molecule has 0 bridgehead atoms. The topological polar surface area (TPSA) is 47.4 Å². The van der Waals surface area contributed by atoms with Crippen LogP contribution in [-0.2, 0) is 9.53 Å². The van der Waals surface area contributed by atoms with Gasteiger partial charge in [-0.3, -0.25) is 4.79 Å². The third-order valence-corrected chi connectivity index (χ3v) is 6.03. The van der Waals surface area contributed by atoms with Crippen LogP contribution in [0, 0.1) is 0 Å². The van der Waals surface area contributed by atoms with E-state index in [1.807, 2.05) is 58.1 Å². The van der Waals surface area contributed by atoms with Crippen molar-refractivity contribution in [1.29, 1.82) is 0 Å². The van der Waals surface area contributed by atoms with Crippen molar-refractivity contribution in [3.8, 4) is 16.9 Å². The average molecular weight is 394 g/mol. The molecule has 1 saturated heterocycles. The van der Waals surface area contributed by atoms with Gasteiger partial charge in [-0.15, -0.1) is 11.8 Å². The Morgan fingerprint density at radius 2 is 1.82 bits per heavy atom. The summed E-state index contributed by atoms with van der Waals surface area (Å²) in [5, 5.41) is 4.86. The predicted molar refractivity (Wildman–Crippen MR) is 112 cm³/mol. The van der Waals surface area contributed by atoms with Crippen molar-refractivity contribution in [2.45, 2.75) is 11.8 Å². The zero-order valence-electron chi connectivity index (χ0n) is 15.8. The smallest absolute Gasteiger partial charge is 0.233 e. The molecular weight excluding hydrogens is 370 g/mol. The number of rotatable bonds is 7. The van der Waals surface area contributed by atoms with E-state index in [9.17, 15) is 4.79 Å². The van der Waals surface area contributed by atoms with Gasteiger partial charge in [0.2, 0.25) is 5.91 Å². The standard InChI is InChI=1S/C22H23N3O2S/c1-27-14-8-13-24-20(26)16-28-22(24)19-15-25(18-11-6-3-7-12-18)23-21(19)17-9-4-2-5-10-17/h2-7,9-12,15,22H,8,13-14,16H2,1H3/t22-/m0/s1. The number of carbonyl (C=O) groups is 1. The van der Waals surface area contributed by atoms with Crippen LogP contribution in [-0.4, -0.2) is 46.6 Å². The molecule has 0 saturated carbocycles. The highest BCUT2D eigenvalue weighted by atomic mass is 32.2. The summed E-state index contributed by atoms with van der Waals surface area (Å²) in [5.41, 5.74) is 4.06. The van der Waals surface area contributed by atoms with Gasteiger partial charge < -0.3 is 9.64 Å². The molecule has 6 heteroatoms. The highest BCUT2D eigenvalue weighted by molar-refractivity contribution is 8.00. The first kappa shape index (κ1) is 18.8. The summed E-state index contributed by atoms with van der Waals surface area (Å²) in [6.07, 6.45) is 2.89. The molecule has 28 heavy (non-hydrogen) atoms. The lowest BCUT2D eigenvalue weighted by atomic mass is 10.1. The largest absolute Gasteiger partial charge is 0.385 e. The van der Waals surface area contributed by atoms with Gasteiger partial charge >= 0.3 is 0 Å². The van der Waals surface area contributed by atoms with Gasteiger partial charge in [0.25, 0.3) is 0 Å². The van der Waals surface area contributed by atoms with E-state index in [1.54, 1.807) is 18.9 Å². The number of thioether (sulfide) groups is 1. The maximum Gasteiger partial charge on any atom is 0.233 e. The van der Waals surface area contributed by atoms with E-state index in [2.05, 4.69) is 18.3 Å². The molecule has 144 valence electrons. The molecule has 1 aromatic heterocycles. The Bertz CT molecular complexity index is 927. The molecule has 1 fully saturated rings. The first-order chi connectivity index (χ1) is 13.8. The molecule has 3 aromatic rings. The Labute approximate surface area is 169 Å². The summed E-state index contributed by atoms with van der Waals surface area (Å²) in [6, 6.07) is 20.2. The molecule has 1 aliphatic rings. The van der Waals surface area contributed by atoms with Crippen molar-refractivity contribution in [3.05, 3.63) is 72.4 Å². The minimum absolute atomic E-state index is 0.0305. The second-order valence-electron chi connectivity index (χ2n) is 6.68. The molecule has 0 unspecified atom stereocenters. The molecule has 2 heterocycles. The van der Waals surface area contributed by atoms with E-state index in [1.165, 1.54) is 0 Å². The van der Waals surface area contributed by atoms with Crippen LogP contribution in [0.4, 0.5) is 0 Å². The zero-order chi connectivity index (χ0) is 19.3. The molecule has 2 aromatic carbocycles. The highest BCUT2D eigenvalue weighted by Crippen LogP contribution is 2.42. The van der Waals surface area contributed by atoms with E-state index in [0.29, 0.717) is 18.9 Å². The number of carbonyl (C=O) groups excluding carboxylic acids is 1. The SMILES string of the molecule is COCCCN1C(=O)CS[C@H]1c1cn(-c2ccccc2)nc1-c1ccccc1. The van der Waals surface area contributed by atoms with Gasteiger partial charge in [-0.1, -0.05) is 48.5 Å². The van der Waals surface area contributed by atoms with Crippen LogP contribution in [0.2, 0.25) is 0 Å². The molecule has 0 spiro atoms. The van der Waals surface area contributed by atoms with Crippen LogP contribution >= 0.6 is 11.8 Å². The fraction of sp³-hybridized carbons (Fsp3) is 0.273. The normalized spacial score (nSPS) is 16.7. The van der Waals surface area contributed by atoms with E-state index in [-0.39, 0.29) is 11.3 Å². The summed E-state index contributed by atoms with van der Waals surface area (Å²) < 4.78 is 7.08. The van der Waals surface area contributed by atoms with E-state index < -0.39 is 0 Å². The van der Waals surface area contributed by atoms with Gasteiger partial charge in [0.1, 0.15) is 5.37 Å². The van der Waals surface area contributed by atoms with Crippen LogP contribution in [0.3, 0.4) is 0 Å². The maximum atomic E-state index is 12.5. The Morgan fingerprint density at radius 3 is 2.54 bits per heavy atom. The maximum absolute atomic E-state index is 12.5. The monoisotopic (exact) mass is 393 g/mol. The number of nitrogens with zero attached hydrogens (tertiary/aromatic N) is 3. The van der Waals surface area contributed by atoms with Gasteiger partial charge in [-0.2, -0.15) is 5.10 Å². The summed E-state index contributed by atoms with van der Waals surface area (Å²) in [6.45, 7) is 1.34. The third-order valence-electron chi connectivity index (χ3n) is 4.79. The number of amides is 1. The predicted octanol–water partition coefficient (Wildman–Crippen LogP) is 4.15. The van der Waals surface area contributed by atoms with E-state index in [0.717, 1.165) is 28.9 Å². The number of benzene rings is 2. The molecule has 0 N–H and O–H groups in total. The summed E-state index contributed by atoms with van der Waals surface area (Å²) in [7, 11) is 1.69. The molecule has 0 radical (unpaired) electrons. The lowest BCUT2D eigenvalue weighted by Gasteiger charge is -2.23.